The molecular formula is C44H43Cl3N6O3. The first kappa shape index (κ1) is 37.9. The lowest BCUT2D eigenvalue weighted by Crippen LogP contribution is -2.47. The molecular weight excluding hydrogens is 767 g/mol. The summed E-state index contributed by atoms with van der Waals surface area (Å²) < 4.78 is 7.70. The van der Waals surface area contributed by atoms with Crippen molar-refractivity contribution in [3.63, 3.8) is 0 Å². The van der Waals surface area contributed by atoms with Crippen LogP contribution in [0.4, 0.5) is 11.4 Å². The molecule has 56 heavy (non-hydrogen) atoms. The van der Waals surface area contributed by atoms with Gasteiger partial charge in [0.05, 0.1) is 42.2 Å². The molecule has 6 aromatic rings. The number of fused-ring (bicyclic) bond motifs is 1. The second kappa shape index (κ2) is 16.3. The number of methoxy groups -OCH3 is 1. The molecule has 2 amide bonds. The number of carbonyl (C=O) groups excluding carboxylic acids is 2. The van der Waals surface area contributed by atoms with E-state index in [1.807, 2.05) is 78.9 Å². The number of imidazole rings is 1. The third-order valence-electron chi connectivity index (χ3n) is 11.2. The highest BCUT2D eigenvalue weighted by atomic mass is 35.5. The molecule has 1 atom stereocenters. The number of amides is 2. The van der Waals surface area contributed by atoms with Crippen molar-refractivity contribution in [3.05, 3.63) is 118 Å². The number of nitrogens with zero attached hydrogens (tertiary/aromatic N) is 4. The minimum absolute atomic E-state index is 0.225. The summed E-state index contributed by atoms with van der Waals surface area (Å²) in [5, 5.41) is 5.69. The summed E-state index contributed by atoms with van der Waals surface area (Å²) in [6, 6.07) is 26.7. The van der Waals surface area contributed by atoms with Crippen LogP contribution < -0.4 is 15.0 Å². The Morgan fingerprint density at radius 3 is 2.45 bits per heavy atom. The zero-order chi connectivity index (χ0) is 38.9. The number of benzene rings is 4. The van der Waals surface area contributed by atoms with Gasteiger partial charge in [0.1, 0.15) is 11.4 Å². The Morgan fingerprint density at radius 1 is 0.911 bits per heavy atom. The molecule has 2 saturated heterocycles. The van der Waals surface area contributed by atoms with Crippen LogP contribution in [-0.2, 0) is 4.79 Å². The van der Waals surface area contributed by atoms with Crippen LogP contribution in [0.1, 0.15) is 67.5 Å². The molecule has 2 aromatic heterocycles. The first-order valence-corrected chi connectivity index (χ1v) is 20.3. The van der Waals surface area contributed by atoms with Crippen molar-refractivity contribution in [1.29, 1.82) is 0 Å². The maximum Gasteiger partial charge on any atom is 0.272 e. The highest BCUT2D eigenvalue weighted by Gasteiger charge is 2.31. The van der Waals surface area contributed by atoms with Crippen LogP contribution in [0.2, 0.25) is 15.1 Å². The molecule has 9 nitrogen and oxygen atoms in total. The van der Waals surface area contributed by atoms with E-state index in [-0.39, 0.29) is 23.9 Å². The molecule has 0 saturated carbocycles. The Hall–Kier alpha value is -4.96. The monoisotopic (exact) mass is 808 g/mol. The minimum atomic E-state index is -0.337. The van der Waals surface area contributed by atoms with Gasteiger partial charge < -0.3 is 29.4 Å². The van der Waals surface area contributed by atoms with Gasteiger partial charge in [0, 0.05) is 75.3 Å². The normalized spacial score (nSPS) is 15.9. The van der Waals surface area contributed by atoms with Crippen molar-refractivity contribution in [2.45, 2.75) is 57.5 Å². The first-order valence-electron chi connectivity index (χ1n) is 19.1. The summed E-state index contributed by atoms with van der Waals surface area (Å²) in [6.07, 6.45) is 7.29. The number of anilines is 2. The number of rotatable bonds is 9. The Balaban J connectivity index is 1.20. The Labute approximate surface area is 341 Å². The zero-order valence-corrected chi connectivity index (χ0v) is 33.6. The van der Waals surface area contributed by atoms with E-state index in [0.29, 0.717) is 55.4 Å². The number of nitrogens with one attached hydrogen (secondary N) is 2. The van der Waals surface area contributed by atoms with Gasteiger partial charge in [-0.3, -0.25) is 9.59 Å². The zero-order valence-electron chi connectivity index (χ0n) is 31.3. The van der Waals surface area contributed by atoms with Crippen LogP contribution in [0.15, 0.2) is 91.3 Å². The highest BCUT2D eigenvalue weighted by Crippen LogP contribution is 2.43. The number of likely N-dealkylation sites (tertiary alicyclic amines) is 1. The van der Waals surface area contributed by atoms with E-state index in [9.17, 15) is 9.59 Å². The van der Waals surface area contributed by atoms with Crippen LogP contribution >= 0.6 is 34.8 Å². The fourth-order valence-electron chi connectivity index (χ4n) is 8.30. The van der Waals surface area contributed by atoms with E-state index in [1.165, 1.54) is 0 Å². The Morgan fingerprint density at radius 2 is 1.68 bits per heavy atom. The number of ether oxygens (including phenoxy) is 1. The summed E-state index contributed by atoms with van der Waals surface area (Å²) in [7, 11) is 1.62. The van der Waals surface area contributed by atoms with Gasteiger partial charge in [-0.25, -0.2) is 4.98 Å². The number of hydrogen-bond acceptors (Lipinski definition) is 5. The molecule has 0 aliphatic carbocycles. The number of H-pyrrole nitrogens is 1. The van der Waals surface area contributed by atoms with Crippen molar-refractivity contribution in [1.82, 2.24) is 19.4 Å². The molecule has 288 valence electrons. The minimum Gasteiger partial charge on any atom is -0.497 e. The average molecular weight is 810 g/mol. The number of aromatic amines is 1. The van der Waals surface area contributed by atoms with E-state index in [4.69, 9.17) is 44.5 Å². The van der Waals surface area contributed by atoms with Crippen LogP contribution in [0, 0.1) is 0 Å². The number of aromatic nitrogens is 3. The molecule has 2 aliphatic rings. The Kier molecular flexibility index (Phi) is 11.0. The smallest absolute Gasteiger partial charge is 0.272 e. The third kappa shape index (κ3) is 7.48. The van der Waals surface area contributed by atoms with Crippen LogP contribution in [-0.4, -0.2) is 64.0 Å². The van der Waals surface area contributed by atoms with Gasteiger partial charge in [-0.05, 0) is 74.6 Å². The van der Waals surface area contributed by atoms with Gasteiger partial charge in [0.15, 0.2) is 0 Å². The van der Waals surface area contributed by atoms with E-state index >= 15 is 0 Å². The van der Waals surface area contributed by atoms with Crippen LogP contribution in [0.5, 0.6) is 5.75 Å². The van der Waals surface area contributed by atoms with Gasteiger partial charge in [0.2, 0.25) is 5.91 Å². The molecule has 12 heteroatoms. The maximum atomic E-state index is 14.9. The fraction of sp³-hybridized carbons (Fsp3) is 0.295. The average Bonchev–Trinajstić information content (AvgIpc) is 3.73. The van der Waals surface area contributed by atoms with Crippen molar-refractivity contribution < 1.29 is 14.3 Å². The fourth-order valence-corrected chi connectivity index (χ4v) is 9.04. The van der Waals surface area contributed by atoms with Crippen LogP contribution in [0.3, 0.4) is 0 Å². The van der Waals surface area contributed by atoms with Crippen molar-refractivity contribution in [3.8, 4) is 28.3 Å². The lowest BCUT2D eigenvalue weighted by Gasteiger charge is -2.39. The molecule has 0 bridgehead atoms. The number of carbonyl (C=O) groups is 2. The summed E-state index contributed by atoms with van der Waals surface area (Å²) in [4.78, 5) is 40.6. The summed E-state index contributed by atoms with van der Waals surface area (Å²) in [5.74, 6) is 0.558. The first-order chi connectivity index (χ1) is 27.2. The highest BCUT2D eigenvalue weighted by molar-refractivity contribution is 6.35. The number of piperidine rings is 1. The topological polar surface area (TPSA) is 95.5 Å². The molecule has 2 aliphatic heterocycles. The number of halogens is 3. The predicted octanol–water partition coefficient (Wildman–Crippen LogP) is 10.9. The third-order valence-corrected chi connectivity index (χ3v) is 12.0. The van der Waals surface area contributed by atoms with Crippen molar-refractivity contribution >= 4 is 68.9 Å². The lowest BCUT2D eigenvalue weighted by atomic mass is 9.99. The largest absolute Gasteiger partial charge is 0.497 e. The lowest BCUT2D eigenvalue weighted by molar-refractivity contribution is -0.133. The van der Waals surface area contributed by atoms with Crippen molar-refractivity contribution in [2.24, 2.45) is 0 Å². The SMILES string of the molecule is COc1ccc(N2CCC(N3CCCCCC3=O)CC2)c(NC(=O)c2[nH]c3cc(Cl)ccc3c2-c2c(-c3ccccc3)ncn2C(C)c2ccc(Cl)cc2Cl)c1. The van der Waals surface area contributed by atoms with E-state index in [0.717, 1.165) is 79.6 Å². The second-order valence-corrected chi connectivity index (χ2v) is 15.9. The number of hydrogen-bond donors (Lipinski definition) is 2. The molecule has 1 unspecified atom stereocenters. The summed E-state index contributed by atoms with van der Waals surface area (Å²) >= 11 is 19.6. The molecule has 2 fully saturated rings. The standard InChI is InChI=1S/C44H43Cl3N6O3/c1-27(33-15-12-29(45)23-35(33)47)53-26-48-41(28-9-5-3-6-10-28)43(53)40-34-16-13-30(46)24-36(34)49-42(40)44(55)50-37-25-32(56-2)14-17-38(37)51-21-18-31(19-22-51)52-20-8-4-7-11-39(52)54/h3,5-6,9-10,12-17,23-27,31,49H,4,7-8,11,18-22H2,1-2H3,(H,50,55). The van der Waals surface area contributed by atoms with Crippen LogP contribution in [0.25, 0.3) is 33.4 Å². The van der Waals surface area contributed by atoms with E-state index in [2.05, 4.69) is 31.6 Å². The second-order valence-electron chi connectivity index (χ2n) is 14.6. The van der Waals surface area contributed by atoms with Gasteiger partial charge in [-0.2, -0.15) is 0 Å². The molecule has 2 N–H and O–H groups in total. The quantitative estimate of drug-likeness (QED) is 0.152. The molecule has 0 radical (unpaired) electrons. The van der Waals surface area contributed by atoms with E-state index in [1.54, 1.807) is 19.5 Å². The molecule has 4 heterocycles. The predicted molar refractivity (Wildman–Crippen MR) is 227 cm³/mol. The molecule has 0 spiro atoms. The maximum absolute atomic E-state index is 14.9. The molecule has 4 aromatic carbocycles. The van der Waals surface area contributed by atoms with Crippen molar-refractivity contribution in [2.75, 3.05) is 37.0 Å². The molecule has 8 rings (SSSR count). The summed E-state index contributed by atoms with van der Waals surface area (Å²) in [5.41, 5.74) is 6.44. The van der Waals surface area contributed by atoms with Gasteiger partial charge in [-0.1, -0.05) is 83.7 Å². The van der Waals surface area contributed by atoms with Gasteiger partial charge in [-0.15, -0.1) is 0 Å². The van der Waals surface area contributed by atoms with Gasteiger partial charge >= 0.3 is 0 Å². The van der Waals surface area contributed by atoms with Gasteiger partial charge in [0.25, 0.3) is 5.91 Å². The van der Waals surface area contributed by atoms with E-state index < -0.39 is 0 Å². The Bertz CT molecular complexity index is 2400. The summed E-state index contributed by atoms with van der Waals surface area (Å²) in [6.45, 7) is 4.39.